The van der Waals surface area contributed by atoms with Gasteiger partial charge in [0, 0.05) is 18.0 Å². The Morgan fingerprint density at radius 2 is 1.82 bits per heavy atom. The van der Waals surface area contributed by atoms with Gasteiger partial charge in [0.05, 0.1) is 0 Å². The van der Waals surface area contributed by atoms with Gasteiger partial charge in [-0.25, -0.2) is 4.39 Å². The van der Waals surface area contributed by atoms with Crippen LogP contribution in [0.5, 0.6) is 0 Å². The van der Waals surface area contributed by atoms with Crippen molar-refractivity contribution in [2.45, 2.75) is 56.4 Å². The van der Waals surface area contributed by atoms with Gasteiger partial charge in [0.1, 0.15) is 5.82 Å². The number of carbonyl (C=O) groups is 1. The van der Waals surface area contributed by atoms with E-state index in [0.717, 1.165) is 37.7 Å². The molecule has 1 amide bonds. The molecule has 3 N–H and O–H groups in total. The molecule has 0 unspecified atom stereocenters. The summed E-state index contributed by atoms with van der Waals surface area (Å²) >= 11 is 0. The molecule has 2 atom stereocenters. The van der Waals surface area contributed by atoms with Crippen molar-refractivity contribution in [3.8, 4) is 0 Å². The lowest BCUT2D eigenvalue weighted by molar-refractivity contribution is -0.122. The van der Waals surface area contributed by atoms with Crippen molar-refractivity contribution in [1.29, 1.82) is 0 Å². The number of hydrogen-bond acceptors (Lipinski definition) is 2. The molecule has 3 nitrogen and oxygen atoms in total. The molecule has 0 spiro atoms. The second-order valence-corrected chi connectivity index (χ2v) is 6.99. The molecular formula is C18H25FN2O. The summed E-state index contributed by atoms with van der Waals surface area (Å²) in [6, 6.07) is 6.48. The van der Waals surface area contributed by atoms with Gasteiger partial charge >= 0.3 is 0 Å². The highest BCUT2D eigenvalue weighted by Crippen LogP contribution is 2.47. The van der Waals surface area contributed by atoms with E-state index >= 15 is 0 Å². The zero-order valence-corrected chi connectivity index (χ0v) is 13.0. The Kier molecular flexibility index (Phi) is 4.48. The number of carbonyl (C=O) groups excluding carboxylic acids is 1. The number of halogens is 1. The second-order valence-electron chi connectivity index (χ2n) is 6.99. The minimum atomic E-state index is -0.233. The highest BCUT2D eigenvalue weighted by molar-refractivity contribution is 5.83. The summed E-state index contributed by atoms with van der Waals surface area (Å²) in [6.45, 7) is 0.582. The van der Waals surface area contributed by atoms with Gasteiger partial charge < -0.3 is 11.1 Å². The van der Waals surface area contributed by atoms with Crippen LogP contribution in [-0.4, -0.2) is 18.0 Å². The van der Waals surface area contributed by atoms with Gasteiger partial charge in [0.2, 0.25) is 5.91 Å². The van der Waals surface area contributed by atoms with Gasteiger partial charge in [-0.1, -0.05) is 37.8 Å². The average molecular weight is 304 g/mol. The summed E-state index contributed by atoms with van der Waals surface area (Å²) in [7, 11) is 0. The summed E-state index contributed by atoms with van der Waals surface area (Å²) in [5.74, 6) is 0.135. The molecule has 4 heteroatoms. The number of amides is 1. The lowest BCUT2D eigenvalue weighted by Gasteiger charge is -2.28. The first-order chi connectivity index (χ1) is 10.6. The quantitative estimate of drug-likeness (QED) is 0.840. The maximum Gasteiger partial charge on any atom is 0.223 e. The van der Waals surface area contributed by atoms with Gasteiger partial charge in [-0.2, -0.15) is 0 Å². The van der Waals surface area contributed by atoms with E-state index in [9.17, 15) is 9.18 Å². The van der Waals surface area contributed by atoms with E-state index in [1.807, 2.05) is 0 Å². The van der Waals surface area contributed by atoms with Crippen LogP contribution >= 0.6 is 0 Å². The van der Waals surface area contributed by atoms with Crippen LogP contribution < -0.4 is 11.1 Å². The second kappa shape index (κ2) is 6.37. The van der Waals surface area contributed by atoms with Crippen LogP contribution in [0.2, 0.25) is 0 Å². The Bertz CT molecular complexity index is 520. The van der Waals surface area contributed by atoms with Crippen molar-refractivity contribution < 1.29 is 9.18 Å². The van der Waals surface area contributed by atoms with E-state index in [4.69, 9.17) is 5.73 Å². The van der Waals surface area contributed by atoms with Crippen LogP contribution in [0.4, 0.5) is 4.39 Å². The van der Waals surface area contributed by atoms with E-state index in [-0.39, 0.29) is 29.1 Å². The summed E-state index contributed by atoms with van der Waals surface area (Å²) < 4.78 is 12.9. The van der Waals surface area contributed by atoms with Crippen molar-refractivity contribution in [1.82, 2.24) is 5.32 Å². The molecule has 0 heterocycles. The molecular weight excluding hydrogens is 279 g/mol. The average Bonchev–Trinajstić information content (AvgIpc) is 3.31. The summed E-state index contributed by atoms with van der Waals surface area (Å²) in [5.41, 5.74) is 7.26. The standard InChI is InChI=1S/C18H25FN2O/c19-14-7-5-13(6-8-14)15-11-16(15)17(22)21-12-18(20)9-3-1-2-4-10-18/h5-8,15-16H,1-4,9-12,20H2,(H,21,22)/t15-,16-/m0/s1. The zero-order valence-electron chi connectivity index (χ0n) is 13.0. The van der Waals surface area contributed by atoms with E-state index < -0.39 is 0 Å². The van der Waals surface area contributed by atoms with E-state index in [2.05, 4.69) is 5.32 Å². The van der Waals surface area contributed by atoms with Crippen LogP contribution in [0.25, 0.3) is 0 Å². The minimum absolute atomic E-state index is 0.0276. The summed E-state index contributed by atoms with van der Waals surface area (Å²) in [6.07, 6.45) is 7.68. The van der Waals surface area contributed by atoms with Gasteiger partial charge in [-0.05, 0) is 42.9 Å². The lowest BCUT2D eigenvalue weighted by Crippen LogP contribution is -2.50. The number of nitrogens with two attached hydrogens (primary N) is 1. The molecule has 1 aromatic carbocycles. The maximum atomic E-state index is 12.9. The predicted octanol–water partition coefficient (Wildman–Crippen LogP) is 3.10. The molecule has 2 aliphatic rings. The first-order valence-corrected chi connectivity index (χ1v) is 8.39. The molecule has 2 saturated carbocycles. The van der Waals surface area contributed by atoms with Crippen LogP contribution in [0, 0.1) is 11.7 Å². The largest absolute Gasteiger partial charge is 0.354 e. The van der Waals surface area contributed by atoms with Gasteiger partial charge in [0.15, 0.2) is 0 Å². The minimum Gasteiger partial charge on any atom is -0.354 e. The van der Waals surface area contributed by atoms with Crippen molar-refractivity contribution in [3.05, 3.63) is 35.6 Å². The van der Waals surface area contributed by atoms with E-state index in [0.29, 0.717) is 6.54 Å². The fourth-order valence-corrected chi connectivity index (χ4v) is 3.57. The van der Waals surface area contributed by atoms with Crippen molar-refractivity contribution in [2.24, 2.45) is 11.7 Å². The highest BCUT2D eigenvalue weighted by Gasteiger charge is 2.44. The fraction of sp³-hybridized carbons (Fsp3) is 0.611. The first kappa shape index (κ1) is 15.5. The number of benzene rings is 1. The third-order valence-corrected chi connectivity index (χ3v) is 5.14. The molecule has 1 aromatic rings. The van der Waals surface area contributed by atoms with Gasteiger partial charge in [-0.15, -0.1) is 0 Å². The number of nitrogens with one attached hydrogen (secondary N) is 1. The SMILES string of the molecule is NC1(CNC(=O)[C@H]2C[C@H]2c2ccc(F)cc2)CCCCCC1. The molecule has 2 fully saturated rings. The van der Waals surface area contributed by atoms with Gasteiger partial charge in [-0.3, -0.25) is 4.79 Å². The maximum absolute atomic E-state index is 12.9. The van der Waals surface area contributed by atoms with Crippen LogP contribution in [0.3, 0.4) is 0 Å². The highest BCUT2D eigenvalue weighted by atomic mass is 19.1. The van der Waals surface area contributed by atoms with E-state index in [1.54, 1.807) is 12.1 Å². The van der Waals surface area contributed by atoms with Crippen LogP contribution in [0.15, 0.2) is 24.3 Å². The molecule has 0 aromatic heterocycles. The van der Waals surface area contributed by atoms with Crippen LogP contribution in [-0.2, 0) is 4.79 Å². The normalized spacial score (nSPS) is 27.0. The van der Waals surface area contributed by atoms with Crippen molar-refractivity contribution in [3.63, 3.8) is 0 Å². The summed E-state index contributed by atoms with van der Waals surface area (Å²) in [4.78, 5) is 12.3. The number of hydrogen-bond donors (Lipinski definition) is 2. The topological polar surface area (TPSA) is 55.1 Å². The molecule has 22 heavy (non-hydrogen) atoms. The molecule has 3 rings (SSSR count). The third-order valence-electron chi connectivity index (χ3n) is 5.14. The Balaban J connectivity index is 1.50. The Morgan fingerprint density at radius 3 is 2.45 bits per heavy atom. The fourth-order valence-electron chi connectivity index (χ4n) is 3.57. The molecule has 0 saturated heterocycles. The predicted molar refractivity (Wildman–Crippen MR) is 84.9 cm³/mol. The Morgan fingerprint density at radius 1 is 1.18 bits per heavy atom. The lowest BCUT2D eigenvalue weighted by atomic mass is 9.91. The van der Waals surface area contributed by atoms with Crippen LogP contribution in [0.1, 0.15) is 56.4 Å². The Hall–Kier alpha value is -1.42. The monoisotopic (exact) mass is 304 g/mol. The van der Waals surface area contributed by atoms with Crippen molar-refractivity contribution >= 4 is 5.91 Å². The van der Waals surface area contributed by atoms with Gasteiger partial charge in [0.25, 0.3) is 0 Å². The first-order valence-electron chi connectivity index (χ1n) is 8.39. The Labute approximate surface area is 131 Å². The third kappa shape index (κ3) is 3.67. The summed E-state index contributed by atoms with van der Waals surface area (Å²) in [5, 5.41) is 3.06. The van der Waals surface area contributed by atoms with Crippen molar-refractivity contribution in [2.75, 3.05) is 6.54 Å². The molecule has 0 bridgehead atoms. The van der Waals surface area contributed by atoms with E-state index in [1.165, 1.54) is 25.0 Å². The molecule has 0 aliphatic heterocycles. The number of rotatable bonds is 4. The molecule has 120 valence electrons. The smallest absolute Gasteiger partial charge is 0.223 e. The molecule has 0 radical (unpaired) electrons. The zero-order chi connectivity index (χ0) is 15.6. The molecule has 2 aliphatic carbocycles.